The molecule has 0 spiro atoms. The van der Waals surface area contributed by atoms with Gasteiger partial charge in [0.1, 0.15) is 109 Å². The van der Waals surface area contributed by atoms with Crippen molar-refractivity contribution in [1.29, 1.82) is 0 Å². The number of nitrogens with one attached hydrogen (secondary N) is 11. The summed E-state index contributed by atoms with van der Waals surface area (Å²) in [6, 6.07) is -21.9. The third-order valence-electron chi connectivity index (χ3n) is 21.7. The number of hydrogen-bond acceptors (Lipinski definition) is 34. The lowest BCUT2D eigenvalue weighted by Crippen LogP contribution is -2.69. The van der Waals surface area contributed by atoms with Crippen LogP contribution >= 0.6 is 0 Å². The lowest BCUT2D eigenvalue weighted by atomic mass is 9.88. The summed E-state index contributed by atoms with van der Waals surface area (Å²) in [5.41, 5.74) is 16.4. The van der Waals surface area contributed by atoms with Gasteiger partial charge in [-0.05, 0) is 85.0 Å². The molecule has 0 bridgehead atoms. The zero-order valence-corrected chi connectivity index (χ0v) is 73.5. The van der Waals surface area contributed by atoms with Gasteiger partial charge >= 0.3 is 17.9 Å². The molecule has 5 rings (SSSR count). The van der Waals surface area contributed by atoms with E-state index in [0.717, 1.165) is 49.3 Å². The Morgan fingerprint density at radius 2 is 1.08 bits per heavy atom. The number of aliphatic hydroxyl groups excluding tert-OH is 8. The number of likely N-dealkylation sites (tertiary alicyclic amines) is 3. The number of aliphatic hydroxyl groups is 8. The Balaban J connectivity index is 1.37. The number of aliphatic imine (C=N–C) groups is 1. The first-order valence-corrected chi connectivity index (χ1v) is 42.5. The minimum absolute atomic E-state index is 0.00841. The Morgan fingerprint density at radius 1 is 0.562 bits per heavy atom. The lowest BCUT2D eigenvalue weighted by Gasteiger charge is -2.48. The fraction of sp³-hybridized carbons (Fsp3) is 0.766. The maximum absolute atomic E-state index is 15.0. The molecule has 28 N–H and O–H groups in total. The molecule has 0 saturated carbocycles. The first-order chi connectivity index (χ1) is 61.2. The van der Waals surface area contributed by atoms with Gasteiger partial charge in [0.25, 0.3) is 5.79 Å². The minimum atomic E-state index is -3.08. The third-order valence-corrected chi connectivity index (χ3v) is 21.7. The van der Waals surface area contributed by atoms with Crippen LogP contribution in [0.5, 0.6) is 0 Å². The van der Waals surface area contributed by atoms with Crippen molar-refractivity contribution in [2.45, 2.75) is 272 Å². The average Bonchev–Trinajstić information content (AvgIpc) is 0.779. The molecule has 53 heteroatoms. The van der Waals surface area contributed by atoms with Gasteiger partial charge in [-0.3, -0.25) is 76.9 Å². The molecule has 5 heterocycles. The van der Waals surface area contributed by atoms with Crippen LogP contribution in [-0.4, -0.2) is 422 Å². The summed E-state index contributed by atoms with van der Waals surface area (Å²) < 4.78 is 39.5. The second kappa shape index (κ2) is 53.2. The molecule has 24 atom stereocenters. The molecule has 14 amide bonds. The number of carbonyl (C=O) groups excluding carboxylic acids is 14. The molecule has 5 aliphatic rings. The SMILES string of the molecule is CC(=O)N[C@H]1[C@@H](O[C@H](C)[C@H](NC(=O)[C@@H](NC(=O)CNC(=O)CCOCCOCCOCCN)C(C)C)C(=O)N[C@@H](CO)C(=O)N[C@@H](C)C(=O)N2CCC[C@H]2C(=O)N[C@@H](CC(=O)O)C(=O)N[C@H](C(=O)N[C@@H](CCCN=C(N)N)C(=O)N2CCC[C@H]2C(=O)N[C@@H](C)C(=O)N2CCC[C@H]2C(=O)O)[C@@H](C)O)O[C@H](CO[C@]2(C(=O)O)C[C@H](O)[C@@H](NC(C)=O)[C@H]([C@H](O)[C@H](O)CO)O2)[C@H](O)[C@@H]1O. The predicted molar refractivity (Wildman–Crippen MR) is 441 cm³/mol. The van der Waals surface area contributed by atoms with E-state index in [9.17, 15) is 138 Å². The van der Waals surface area contributed by atoms with Crippen molar-refractivity contribution >= 4 is 107 Å². The molecule has 5 saturated heterocycles. The average molecular weight is 1870 g/mol. The maximum atomic E-state index is 15.0. The normalized spacial score (nSPS) is 24.8. The molecule has 0 radical (unpaired) electrons. The Kier molecular flexibility index (Phi) is 45.1. The number of carboxylic acid groups (broad SMARTS) is 3. The van der Waals surface area contributed by atoms with Crippen molar-refractivity contribution < 1.29 is 171 Å². The lowest BCUT2D eigenvalue weighted by molar-refractivity contribution is -0.332. The van der Waals surface area contributed by atoms with Gasteiger partial charge in [-0.25, -0.2) is 9.59 Å². The Bertz CT molecular complexity index is 3910. The summed E-state index contributed by atoms with van der Waals surface area (Å²) in [6.45, 7) is 6.23. The van der Waals surface area contributed by atoms with E-state index in [1.54, 1.807) is 0 Å². The van der Waals surface area contributed by atoms with Gasteiger partial charge in [0.05, 0.1) is 96.8 Å². The van der Waals surface area contributed by atoms with Crippen LogP contribution in [0.2, 0.25) is 0 Å². The molecule has 130 heavy (non-hydrogen) atoms. The summed E-state index contributed by atoms with van der Waals surface area (Å²) in [7, 11) is 0. The molecule has 5 fully saturated rings. The highest BCUT2D eigenvalue weighted by Crippen LogP contribution is 2.36. The first-order valence-electron chi connectivity index (χ1n) is 42.5. The zero-order chi connectivity index (χ0) is 97.3. The summed E-state index contributed by atoms with van der Waals surface area (Å²) in [5, 5.41) is 143. The van der Waals surface area contributed by atoms with Crippen LogP contribution in [0.1, 0.15) is 126 Å². The minimum Gasteiger partial charge on any atom is -0.481 e. The van der Waals surface area contributed by atoms with Crippen LogP contribution in [0, 0.1) is 5.92 Å². The summed E-state index contributed by atoms with van der Waals surface area (Å²) in [4.78, 5) is 239. The quantitative estimate of drug-likeness (QED) is 0.0153. The molecule has 53 nitrogen and oxygen atoms in total. The highest BCUT2D eigenvalue weighted by atomic mass is 16.7. The maximum Gasteiger partial charge on any atom is 0.364 e. The summed E-state index contributed by atoms with van der Waals surface area (Å²) >= 11 is 0. The number of rotatable bonds is 53. The van der Waals surface area contributed by atoms with Crippen molar-refractivity contribution in [3.63, 3.8) is 0 Å². The van der Waals surface area contributed by atoms with E-state index in [2.05, 4.69) is 63.5 Å². The number of amides is 14. The number of carbonyl (C=O) groups is 17. The second-order valence-corrected chi connectivity index (χ2v) is 32.2. The van der Waals surface area contributed by atoms with Gasteiger partial charge in [0, 0.05) is 59.4 Å². The smallest absolute Gasteiger partial charge is 0.364 e. The zero-order valence-electron chi connectivity index (χ0n) is 73.5. The highest BCUT2D eigenvalue weighted by molar-refractivity contribution is 6.00. The molecule has 0 unspecified atom stereocenters. The van der Waals surface area contributed by atoms with E-state index in [4.69, 9.17) is 50.4 Å². The number of hydrogen-bond donors (Lipinski definition) is 25. The highest BCUT2D eigenvalue weighted by Gasteiger charge is 2.58. The van der Waals surface area contributed by atoms with E-state index in [1.807, 2.05) is 0 Å². The van der Waals surface area contributed by atoms with Crippen molar-refractivity contribution in [3.8, 4) is 0 Å². The summed E-state index contributed by atoms with van der Waals surface area (Å²) in [5.74, 6) is -23.7. The molecule has 5 aliphatic heterocycles. The second-order valence-electron chi connectivity index (χ2n) is 32.2. The summed E-state index contributed by atoms with van der Waals surface area (Å²) in [6.07, 6.45) is -22.5. The fourth-order valence-electron chi connectivity index (χ4n) is 14.9. The van der Waals surface area contributed by atoms with Gasteiger partial charge in [-0.15, -0.1) is 0 Å². The van der Waals surface area contributed by atoms with Gasteiger partial charge in [0.15, 0.2) is 12.2 Å². The molecule has 0 aromatic heterocycles. The molecule has 0 aliphatic carbocycles. The van der Waals surface area contributed by atoms with E-state index >= 15 is 0 Å². The predicted octanol–water partition coefficient (Wildman–Crippen LogP) is -13.4. The van der Waals surface area contributed by atoms with Crippen LogP contribution in [-0.2, 0) is 115 Å². The van der Waals surface area contributed by atoms with E-state index in [1.165, 1.54) is 20.8 Å². The van der Waals surface area contributed by atoms with Gasteiger partial charge in [-0.1, -0.05) is 13.8 Å². The number of guanidine groups is 1. The van der Waals surface area contributed by atoms with Gasteiger partial charge < -0.3 is 180 Å². The molecule has 736 valence electrons. The van der Waals surface area contributed by atoms with Crippen LogP contribution in [0.3, 0.4) is 0 Å². The third kappa shape index (κ3) is 32.6. The van der Waals surface area contributed by atoms with Crippen molar-refractivity contribution in [1.82, 2.24) is 73.2 Å². The van der Waals surface area contributed by atoms with Crippen molar-refractivity contribution in [3.05, 3.63) is 0 Å². The van der Waals surface area contributed by atoms with Gasteiger partial charge in [0.2, 0.25) is 82.7 Å². The molecule has 0 aromatic rings. The number of carboxylic acids is 3. The number of nitrogens with two attached hydrogens (primary N) is 3. The number of aliphatic carboxylic acids is 3. The largest absolute Gasteiger partial charge is 0.481 e. The topological polar surface area (TPSA) is 810 Å². The van der Waals surface area contributed by atoms with Crippen LogP contribution in [0.25, 0.3) is 0 Å². The van der Waals surface area contributed by atoms with Crippen molar-refractivity contribution in [2.75, 3.05) is 98.7 Å². The molecular weight excluding hydrogens is 1740 g/mol. The number of nitrogens with zero attached hydrogens (tertiary/aromatic N) is 4. The van der Waals surface area contributed by atoms with Crippen molar-refractivity contribution in [2.24, 2.45) is 28.1 Å². The van der Waals surface area contributed by atoms with Crippen LogP contribution in [0.4, 0.5) is 0 Å². The van der Waals surface area contributed by atoms with Crippen LogP contribution in [0.15, 0.2) is 4.99 Å². The van der Waals surface area contributed by atoms with Crippen LogP contribution < -0.4 is 75.7 Å². The monoisotopic (exact) mass is 1860 g/mol. The standard InChI is InChI=1S/C77H128N18O35/c1-35(2)54(90-52(104)31-82-51(103)17-23-124-25-27-126-28-26-125-24-18-78)67(114)92-56(39(6)128-74-58(86-41(8)100)61(109)60(108)50(129-74)34-127-77(75(122)123)30-48(101)57(85-40(7)99)62(130-77)59(107)49(102)33-97)69(116)89-44(32-96)64(111)83-36(3)70(117)93-20-10-15-46(93)66(113)88-43(29-53(105)106)63(110)91-55(38(5)98)68(115)87-42(13-9-19-81-76(79)80)72(119)94-21-11-14-45(94)65(112)84-37(4)71(118)95-22-12-16-47(95)73(120)121/h35-39,42-50,54-62,74,96-98,101-102,107-109H,9-34,78H2,1-8H3,(H,82,103)(H,83,111)(H,84,112)(H,85,99)(H,86,100)(H,87,115)(H,88,113)(H,89,116)(H,90,104)(H,91,110)(H,92,114)(H,105,106)(H,120,121)(H,122,123)(H4,79,80,81)/t36-,37-,38+,39+,42-,43-,44-,45-,46-,47-,48-,49+,50+,54-,55-,56-,57+,58+,59+,60-,61+,62+,74-,77+/m0/s1. The van der Waals surface area contributed by atoms with E-state index < -0.39 is 291 Å². The van der Waals surface area contributed by atoms with E-state index in [-0.39, 0.29) is 110 Å². The molecule has 0 aromatic carbocycles. The molecular formula is C77H128N18O35. The first kappa shape index (κ1) is 110. The van der Waals surface area contributed by atoms with E-state index in [0.29, 0.717) is 26.2 Å². The Labute approximate surface area is 746 Å². The number of ether oxygens (including phenoxy) is 7. The fourth-order valence-corrected chi connectivity index (χ4v) is 14.9. The Morgan fingerprint density at radius 3 is 1.62 bits per heavy atom. The van der Waals surface area contributed by atoms with Gasteiger partial charge in [-0.2, -0.15) is 0 Å². The Hall–Kier alpha value is -10.4.